The van der Waals surface area contributed by atoms with E-state index in [1.165, 1.54) is 10.9 Å². The number of halogens is 1. The van der Waals surface area contributed by atoms with E-state index in [1.807, 2.05) is 0 Å². The maximum absolute atomic E-state index is 12.5. The molecule has 0 spiro atoms. The summed E-state index contributed by atoms with van der Waals surface area (Å²) in [4.78, 5) is 28.2. The minimum Gasteiger partial charge on any atom is -0.491 e. The van der Waals surface area contributed by atoms with Gasteiger partial charge in [0.2, 0.25) is 4.34 Å². The maximum Gasteiger partial charge on any atom is 0.309 e. The molecule has 1 atom stereocenters. The summed E-state index contributed by atoms with van der Waals surface area (Å²) in [6, 6.07) is 11.7. The Labute approximate surface area is 237 Å². The highest BCUT2D eigenvalue weighted by molar-refractivity contribution is 7.91. The summed E-state index contributed by atoms with van der Waals surface area (Å²) in [5.74, 6) is -1.68. The molecule has 2 aromatic carbocycles. The van der Waals surface area contributed by atoms with Crippen LogP contribution in [0.3, 0.4) is 0 Å². The summed E-state index contributed by atoms with van der Waals surface area (Å²) in [6.07, 6.45) is 1.24. The lowest BCUT2D eigenvalue weighted by Gasteiger charge is -2.13. The molecule has 0 fully saturated rings. The average molecular weight is 607 g/mol. The highest BCUT2D eigenvalue weighted by Gasteiger charge is 2.22. The van der Waals surface area contributed by atoms with E-state index in [-0.39, 0.29) is 49.5 Å². The largest absolute Gasteiger partial charge is 0.491 e. The first kappa shape index (κ1) is 30.0. The van der Waals surface area contributed by atoms with E-state index in [0.29, 0.717) is 27.4 Å². The van der Waals surface area contributed by atoms with Crippen LogP contribution in [-0.2, 0) is 44.1 Å². The van der Waals surface area contributed by atoms with Crippen molar-refractivity contribution >= 4 is 43.3 Å². The Kier molecular flexibility index (Phi) is 9.93. The standard InChI is InChI=1S/C25H26FN5O8S2/c26-6-7-38-20-3-1-2-16(8-20)13-37-14-17(24(33)34)9-19(32)12-31-11-18(29-30-31)15-39-21-4-5-22-23(10-21)40-25(28-22)41(27,35)36/h1-5,8,10-11,17H,6-7,9,12-15H2,(H,33,34)(H2,27,35,36)/t17-/m0/s1/i26-1. The van der Waals surface area contributed by atoms with Crippen molar-refractivity contribution in [2.24, 2.45) is 11.1 Å². The number of aromatic nitrogens is 4. The molecule has 0 saturated carbocycles. The third kappa shape index (κ3) is 8.75. The summed E-state index contributed by atoms with van der Waals surface area (Å²) in [7, 11) is -3.91. The average Bonchev–Trinajstić information content (AvgIpc) is 3.57. The minimum atomic E-state index is -3.91. The topological polar surface area (TPSA) is 186 Å². The third-order valence-electron chi connectivity index (χ3n) is 5.55. The summed E-state index contributed by atoms with van der Waals surface area (Å²) >= 11 is 0.923. The van der Waals surface area contributed by atoms with Crippen LogP contribution < -0.4 is 14.6 Å². The molecule has 0 aliphatic rings. The molecule has 3 N–H and O–H groups in total. The lowest BCUT2D eigenvalue weighted by molar-refractivity contribution is -0.146. The third-order valence-corrected chi connectivity index (χ3v) is 7.89. The highest BCUT2D eigenvalue weighted by atomic mass is 32.2. The van der Waals surface area contributed by atoms with Crippen molar-refractivity contribution in [3.05, 3.63) is 59.9 Å². The number of nitrogens with two attached hydrogens (primary N) is 1. The summed E-state index contributed by atoms with van der Waals surface area (Å²) in [5.41, 5.74) is 1.60. The van der Waals surface area contributed by atoms with E-state index < -0.39 is 28.6 Å². The lowest BCUT2D eigenvalue weighted by Crippen LogP contribution is -2.25. The van der Waals surface area contributed by atoms with E-state index >= 15 is 0 Å². The van der Waals surface area contributed by atoms with Gasteiger partial charge in [-0.05, 0) is 35.9 Å². The molecule has 0 amide bonds. The Morgan fingerprint density at radius 1 is 1.12 bits per heavy atom. The number of alkyl halides is 1. The summed E-state index contributed by atoms with van der Waals surface area (Å²) < 4.78 is 53.4. The number of fused-ring (bicyclic) bond motifs is 1. The molecule has 0 aliphatic carbocycles. The highest BCUT2D eigenvalue weighted by Crippen LogP contribution is 2.28. The van der Waals surface area contributed by atoms with Gasteiger partial charge in [-0.1, -0.05) is 17.3 Å². The van der Waals surface area contributed by atoms with Crippen LogP contribution in [0, 0.1) is 5.92 Å². The number of benzene rings is 2. The monoisotopic (exact) mass is 606 g/mol. The molecule has 0 saturated heterocycles. The fourth-order valence-corrected chi connectivity index (χ4v) is 5.36. The number of hydrogen-bond donors (Lipinski definition) is 2. The second-order valence-corrected chi connectivity index (χ2v) is 11.6. The van der Waals surface area contributed by atoms with Gasteiger partial charge < -0.3 is 19.3 Å². The maximum atomic E-state index is 12.5. The van der Waals surface area contributed by atoms with E-state index in [2.05, 4.69) is 15.3 Å². The second kappa shape index (κ2) is 13.6. The Balaban J connectivity index is 1.25. The molecular weight excluding hydrogens is 580 g/mol. The Morgan fingerprint density at radius 3 is 2.68 bits per heavy atom. The Bertz CT molecular complexity index is 1620. The van der Waals surface area contributed by atoms with Crippen LogP contribution in [0.4, 0.5) is 4.39 Å². The van der Waals surface area contributed by atoms with E-state index in [1.54, 1.807) is 42.5 Å². The van der Waals surface area contributed by atoms with Crippen LogP contribution in [0.25, 0.3) is 10.2 Å². The molecule has 2 heterocycles. The van der Waals surface area contributed by atoms with Gasteiger partial charge in [0.25, 0.3) is 10.0 Å². The second-order valence-electron chi connectivity index (χ2n) is 8.83. The van der Waals surface area contributed by atoms with Gasteiger partial charge in [-0.15, -0.1) is 16.4 Å². The van der Waals surface area contributed by atoms with Crippen LogP contribution in [0.2, 0.25) is 0 Å². The first-order valence-electron chi connectivity index (χ1n) is 12.2. The molecule has 0 radical (unpaired) electrons. The first-order chi connectivity index (χ1) is 19.6. The van der Waals surface area contributed by atoms with Crippen molar-refractivity contribution < 1.29 is 41.7 Å². The van der Waals surface area contributed by atoms with Crippen LogP contribution in [0.1, 0.15) is 17.7 Å². The van der Waals surface area contributed by atoms with Gasteiger partial charge in [-0.25, -0.2) is 27.6 Å². The van der Waals surface area contributed by atoms with Crippen LogP contribution in [-0.4, -0.2) is 65.1 Å². The number of nitrogens with zero attached hydrogens (tertiary/aromatic N) is 4. The molecule has 41 heavy (non-hydrogen) atoms. The number of carbonyl (C=O) groups excluding carboxylic acids is 1. The molecular formula is C25H26FN5O8S2. The fourth-order valence-electron chi connectivity index (χ4n) is 3.67. The van der Waals surface area contributed by atoms with Crippen molar-refractivity contribution in [3.63, 3.8) is 0 Å². The van der Waals surface area contributed by atoms with E-state index in [0.717, 1.165) is 16.9 Å². The molecule has 16 heteroatoms. The van der Waals surface area contributed by atoms with Gasteiger partial charge in [0.15, 0.2) is 5.78 Å². The number of ether oxygens (including phenoxy) is 3. The minimum absolute atomic E-state index is 0.0200. The van der Waals surface area contributed by atoms with Crippen molar-refractivity contribution in [1.82, 2.24) is 20.0 Å². The predicted octanol–water partition coefficient (Wildman–Crippen LogP) is 2.34. The number of sulfonamides is 1. The predicted molar refractivity (Wildman–Crippen MR) is 144 cm³/mol. The van der Waals surface area contributed by atoms with Crippen molar-refractivity contribution in [1.29, 1.82) is 0 Å². The van der Waals surface area contributed by atoms with Gasteiger partial charge in [-0.2, -0.15) is 0 Å². The summed E-state index contributed by atoms with van der Waals surface area (Å²) in [5, 5.41) is 22.5. The molecule has 2 aromatic heterocycles. The molecule has 13 nitrogen and oxygen atoms in total. The van der Waals surface area contributed by atoms with E-state index in [4.69, 9.17) is 19.3 Å². The number of carboxylic acid groups (broad SMARTS) is 1. The van der Waals surface area contributed by atoms with Gasteiger partial charge in [-0.3, -0.25) is 9.59 Å². The zero-order chi connectivity index (χ0) is 29.4. The van der Waals surface area contributed by atoms with Crippen LogP contribution in [0.5, 0.6) is 11.5 Å². The summed E-state index contributed by atoms with van der Waals surface area (Å²) in [6.45, 7) is -0.933. The van der Waals surface area contributed by atoms with Crippen molar-refractivity contribution in [2.45, 2.75) is 30.5 Å². The van der Waals surface area contributed by atoms with E-state index in [9.17, 15) is 27.5 Å². The SMILES string of the molecule is NS(=O)(=O)c1nc2ccc(OCc3cn(CC(=O)C[C@@H](COCc4cccc(OCC[18F])c4)C(=O)O)nn3)cc2s1. The molecule has 0 aliphatic heterocycles. The number of hydrogen-bond acceptors (Lipinski definition) is 11. The van der Waals surface area contributed by atoms with Gasteiger partial charge >= 0.3 is 5.97 Å². The molecule has 0 unspecified atom stereocenters. The quantitative estimate of drug-likeness (QED) is 0.191. The number of Topliss-reactive ketones (excluding diaryl/α,β-unsaturated/α-hetero) is 1. The van der Waals surface area contributed by atoms with Crippen LogP contribution in [0.15, 0.2) is 53.0 Å². The number of carbonyl (C=O) groups is 2. The van der Waals surface area contributed by atoms with Crippen molar-refractivity contribution in [2.75, 3.05) is 19.9 Å². The van der Waals surface area contributed by atoms with Crippen molar-refractivity contribution in [3.8, 4) is 11.5 Å². The fraction of sp³-hybridized carbons (Fsp3) is 0.320. The number of carboxylic acids is 1. The molecule has 4 aromatic rings. The zero-order valence-electron chi connectivity index (χ0n) is 21.5. The van der Waals surface area contributed by atoms with Gasteiger partial charge in [0, 0.05) is 6.42 Å². The van der Waals surface area contributed by atoms with Gasteiger partial charge in [0.05, 0.1) is 35.5 Å². The number of aliphatic carboxylic acids is 1. The number of thiazole rings is 1. The molecule has 4 rings (SSSR count). The number of rotatable bonds is 16. The Hall–Kier alpha value is -3.99. The Morgan fingerprint density at radius 2 is 1.93 bits per heavy atom. The zero-order valence-corrected chi connectivity index (χ0v) is 23.1. The van der Waals surface area contributed by atoms with Gasteiger partial charge in [0.1, 0.15) is 43.6 Å². The molecule has 0 bridgehead atoms. The first-order valence-corrected chi connectivity index (χ1v) is 14.5. The molecule has 218 valence electrons. The van der Waals surface area contributed by atoms with Crippen LogP contribution >= 0.6 is 11.3 Å². The lowest BCUT2D eigenvalue weighted by atomic mass is 10.0. The smallest absolute Gasteiger partial charge is 0.309 e. The number of ketones is 1. The number of primary sulfonamides is 1. The normalized spacial score (nSPS) is 12.3.